The molecule has 0 unspecified atom stereocenters. The van der Waals surface area contributed by atoms with Crippen LogP contribution in [0.4, 0.5) is 0 Å². The fourth-order valence-corrected chi connectivity index (χ4v) is 2.49. The predicted molar refractivity (Wildman–Crippen MR) is 85.6 cm³/mol. The quantitative estimate of drug-likeness (QED) is 0.839. The molecule has 1 amide bonds. The number of nitrogens with one attached hydrogen (secondary N) is 1. The second kappa shape index (κ2) is 6.82. The number of thioether (sulfide) groups is 1. The first-order valence-electron chi connectivity index (χ1n) is 6.30. The summed E-state index contributed by atoms with van der Waals surface area (Å²) in [5.41, 5.74) is 1.66. The first-order chi connectivity index (χ1) is 9.60. The van der Waals surface area contributed by atoms with Crippen LogP contribution in [0.2, 0.25) is 5.02 Å². The van der Waals surface area contributed by atoms with E-state index in [9.17, 15) is 4.79 Å². The highest BCUT2D eigenvalue weighted by Gasteiger charge is 2.11. The summed E-state index contributed by atoms with van der Waals surface area (Å²) in [5, 5.41) is 3.65. The standard InChI is InChI=1S/C16H16ClNOS/c1-11(13-4-3-5-14(17)10-13)18-16(19)12-6-8-15(20-2)9-7-12/h3-11H,1-2H3,(H,18,19)/t11-/m0/s1. The summed E-state index contributed by atoms with van der Waals surface area (Å²) in [4.78, 5) is 13.3. The molecule has 0 saturated carbocycles. The predicted octanol–water partition coefficient (Wildman–Crippen LogP) is 4.55. The highest BCUT2D eigenvalue weighted by atomic mass is 35.5. The molecule has 0 aliphatic heterocycles. The number of hydrogen-bond donors (Lipinski definition) is 1. The zero-order chi connectivity index (χ0) is 14.5. The summed E-state index contributed by atoms with van der Waals surface area (Å²) < 4.78 is 0. The van der Waals surface area contributed by atoms with Crippen LogP contribution in [0, 0.1) is 0 Å². The van der Waals surface area contributed by atoms with Crippen molar-refractivity contribution in [1.29, 1.82) is 0 Å². The van der Waals surface area contributed by atoms with Gasteiger partial charge in [-0.1, -0.05) is 23.7 Å². The molecule has 0 aromatic heterocycles. The number of carbonyl (C=O) groups excluding carboxylic acids is 1. The molecule has 0 saturated heterocycles. The van der Waals surface area contributed by atoms with Gasteiger partial charge in [-0.3, -0.25) is 4.79 Å². The third-order valence-corrected chi connectivity index (χ3v) is 4.03. The zero-order valence-corrected chi connectivity index (χ0v) is 13.0. The molecule has 0 spiro atoms. The average molecular weight is 306 g/mol. The highest BCUT2D eigenvalue weighted by molar-refractivity contribution is 7.98. The SMILES string of the molecule is CSc1ccc(C(=O)N[C@@H](C)c2cccc(Cl)c2)cc1. The molecule has 0 fully saturated rings. The van der Waals surface area contributed by atoms with E-state index in [2.05, 4.69) is 5.32 Å². The Morgan fingerprint density at radius 3 is 2.50 bits per heavy atom. The van der Waals surface area contributed by atoms with Gasteiger partial charge in [-0.2, -0.15) is 0 Å². The van der Waals surface area contributed by atoms with Crippen molar-refractivity contribution in [3.63, 3.8) is 0 Å². The van der Waals surface area contributed by atoms with E-state index >= 15 is 0 Å². The van der Waals surface area contributed by atoms with Crippen LogP contribution in [0.5, 0.6) is 0 Å². The Kier molecular flexibility index (Phi) is 5.10. The molecule has 2 aromatic carbocycles. The Morgan fingerprint density at radius 1 is 1.20 bits per heavy atom. The second-order valence-corrected chi connectivity index (χ2v) is 5.79. The summed E-state index contributed by atoms with van der Waals surface area (Å²) in [7, 11) is 0. The van der Waals surface area contributed by atoms with Gasteiger partial charge in [0, 0.05) is 15.5 Å². The molecule has 2 rings (SSSR count). The first-order valence-corrected chi connectivity index (χ1v) is 7.91. The van der Waals surface area contributed by atoms with E-state index in [0.717, 1.165) is 10.5 Å². The zero-order valence-electron chi connectivity index (χ0n) is 11.4. The van der Waals surface area contributed by atoms with Crippen LogP contribution < -0.4 is 5.32 Å². The molecule has 0 aliphatic carbocycles. The lowest BCUT2D eigenvalue weighted by atomic mass is 10.1. The van der Waals surface area contributed by atoms with E-state index in [0.29, 0.717) is 10.6 Å². The highest BCUT2D eigenvalue weighted by Crippen LogP contribution is 2.19. The molecule has 104 valence electrons. The van der Waals surface area contributed by atoms with Gasteiger partial charge in [0.05, 0.1) is 6.04 Å². The largest absolute Gasteiger partial charge is 0.346 e. The number of amides is 1. The fourth-order valence-electron chi connectivity index (χ4n) is 1.88. The molecule has 2 aromatic rings. The molecule has 0 aliphatic rings. The normalized spacial score (nSPS) is 11.9. The van der Waals surface area contributed by atoms with Crippen LogP contribution in [-0.2, 0) is 0 Å². The maximum Gasteiger partial charge on any atom is 0.251 e. The molecular weight excluding hydrogens is 290 g/mol. The minimum absolute atomic E-state index is 0.0786. The molecule has 0 heterocycles. The number of halogens is 1. The second-order valence-electron chi connectivity index (χ2n) is 4.48. The Morgan fingerprint density at radius 2 is 1.90 bits per heavy atom. The minimum atomic E-state index is -0.0820. The van der Waals surface area contributed by atoms with Crippen molar-refractivity contribution in [2.45, 2.75) is 17.9 Å². The van der Waals surface area contributed by atoms with Crippen molar-refractivity contribution in [1.82, 2.24) is 5.32 Å². The van der Waals surface area contributed by atoms with Crippen molar-refractivity contribution in [2.24, 2.45) is 0 Å². The van der Waals surface area contributed by atoms with E-state index in [-0.39, 0.29) is 11.9 Å². The van der Waals surface area contributed by atoms with Gasteiger partial charge in [-0.25, -0.2) is 0 Å². The van der Waals surface area contributed by atoms with Gasteiger partial charge in [-0.05, 0) is 55.1 Å². The Bertz CT molecular complexity index is 598. The number of hydrogen-bond acceptors (Lipinski definition) is 2. The lowest BCUT2D eigenvalue weighted by Gasteiger charge is -2.14. The van der Waals surface area contributed by atoms with Gasteiger partial charge >= 0.3 is 0 Å². The summed E-state index contributed by atoms with van der Waals surface area (Å²) in [6, 6.07) is 15.0. The third kappa shape index (κ3) is 3.78. The van der Waals surface area contributed by atoms with Crippen LogP contribution in [0.3, 0.4) is 0 Å². The Labute approximate surface area is 128 Å². The van der Waals surface area contributed by atoms with Crippen molar-refractivity contribution in [2.75, 3.05) is 6.26 Å². The Balaban J connectivity index is 2.06. The minimum Gasteiger partial charge on any atom is -0.346 e. The summed E-state index contributed by atoms with van der Waals surface area (Å²) >= 11 is 7.62. The maximum absolute atomic E-state index is 12.2. The molecule has 2 nitrogen and oxygen atoms in total. The number of benzene rings is 2. The monoisotopic (exact) mass is 305 g/mol. The van der Waals surface area contributed by atoms with Crippen molar-refractivity contribution in [3.05, 3.63) is 64.7 Å². The molecule has 1 N–H and O–H groups in total. The molecule has 0 radical (unpaired) electrons. The van der Waals surface area contributed by atoms with Gasteiger partial charge in [0.25, 0.3) is 5.91 Å². The smallest absolute Gasteiger partial charge is 0.251 e. The van der Waals surface area contributed by atoms with Crippen LogP contribution in [0.25, 0.3) is 0 Å². The van der Waals surface area contributed by atoms with Gasteiger partial charge < -0.3 is 5.32 Å². The van der Waals surface area contributed by atoms with E-state index in [4.69, 9.17) is 11.6 Å². The van der Waals surface area contributed by atoms with E-state index in [1.54, 1.807) is 11.8 Å². The van der Waals surface area contributed by atoms with Crippen LogP contribution in [-0.4, -0.2) is 12.2 Å². The molecule has 1 atom stereocenters. The van der Waals surface area contributed by atoms with Crippen LogP contribution >= 0.6 is 23.4 Å². The summed E-state index contributed by atoms with van der Waals surface area (Å²) in [6.07, 6.45) is 2.01. The lowest BCUT2D eigenvalue weighted by molar-refractivity contribution is 0.0940. The molecular formula is C16H16ClNOS. The lowest BCUT2D eigenvalue weighted by Crippen LogP contribution is -2.26. The van der Waals surface area contributed by atoms with Crippen molar-refractivity contribution in [3.8, 4) is 0 Å². The van der Waals surface area contributed by atoms with Gasteiger partial charge in [0.2, 0.25) is 0 Å². The first kappa shape index (κ1) is 14.9. The summed E-state index contributed by atoms with van der Waals surface area (Å²) in [6.45, 7) is 1.94. The van der Waals surface area contributed by atoms with E-state index in [1.165, 1.54) is 0 Å². The van der Waals surface area contributed by atoms with E-state index in [1.807, 2.05) is 61.7 Å². The van der Waals surface area contributed by atoms with E-state index < -0.39 is 0 Å². The molecule has 0 bridgehead atoms. The average Bonchev–Trinajstić information content (AvgIpc) is 2.47. The van der Waals surface area contributed by atoms with Crippen molar-refractivity contribution >= 4 is 29.3 Å². The number of carbonyl (C=O) groups is 1. The molecule has 4 heteroatoms. The van der Waals surface area contributed by atoms with Crippen LogP contribution in [0.1, 0.15) is 28.9 Å². The number of rotatable bonds is 4. The molecule has 20 heavy (non-hydrogen) atoms. The van der Waals surface area contributed by atoms with Crippen LogP contribution in [0.15, 0.2) is 53.4 Å². The topological polar surface area (TPSA) is 29.1 Å². The van der Waals surface area contributed by atoms with Gasteiger partial charge in [0.1, 0.15) is 0 Å². The van der Waals surface area contributed by atoms with Gasteiger partial charge in [0.15, 0.2) is 0 Å². The summed E-state index contributed by atoms with van der Waals surface area (Å²) in [5.74, 6) is -0.0786. The van der Waals surface area contributed by atoms with Crippen molar-refractivity contribution < 1.29 is 4.79 Å². The fraction of sp³-hybridized carbons (Fsp3) is 0.188. The van der Waals surface area contributed by atoms with Gasteiger partial charge in [-0.15, -0.1) is 11.8 Å². The Hall–Kier alpha value is -1.45. The maximum atomic E-state index is 12.2. The third-order valence-electron chi connectivity index (χ3n) is 3.05.